The molecular formula is C23H26Cl2N4O2. The fraction of sp³-hybridized carbons (Fsp3) is 0.304. The number of nitrogens with one attached hydrogen (secondary N) is 1. The topological polar surface area (TPSA) is 68.6 Å². The number of carbonyl (C=O) groups is 1. The number of anilines is 2. The highest BCUT2D eigenvalue weighted by molar-refractivity contribution is 6.31. The molecule has 0 bridgehead atoms. The van der Waals surface area contributed by atoms with Gasteiger partial charge in [-0.25, -0.2) is 0 Å². The standard InChI is InChI=1S/C23H25ClN4O2.ClH/c1-16-5-4-6-21(17(16)2)28-11-9-27(10-12-28)15-18(14-25)23(29)26-20-13-19(24)7-8-22(20)30-3;/h4-8,13,15H,9-12H2,1-3H3,(H,26,29);1H/b18-15-;. The lowest BCUT2D eigenvalue weighted by atomic mass is 10.1. The third kappa shape index (κ3) is 5.84. The lowest BCUT2D eigenvalue weighted by Crippen LogP contribution is -2.44. The Morgan fingerprint density at radius 2 is 1.90 bits per heavy atom. The Bertz CT molecular complexity index is 1010. The van der Waals surface area contributed by atoms with Gasteiger partial charge in [0.15, 0.2) is 0 Å². The molecule has 8 heteroatoms. The van der Waals surface area contributed by atoms with Gasteiger partial charge in [0.05, 0.1) is 12.8 Å². The van der Waals surface area contributed by atoms with Crippen molar-refractivity contribution in [1.29, 1.82) is 5.26 Å². The van der Waals surface area contributed by atoms with Crippen molar-refractivity contribution in [3.8, 4) is 11.8 Å². The number of nitrogens with zero attached hydrogens (tertiary/aromatic N) is 3. The van der Waals surface area contributed by atoms with Gasteiger partial charge in [0.2, 0.25) is 0 Å². The van der Waals surface area contributed by atoms with E-state index in [4.69, 9.17) is 16.3 Å². The summed E-state index contributed by atoms with van der Waals surface area (Å²) in [7, 11) is 1.51. The van der Waals surface area contributed by atoms with E-state index in [0.717, 1.165) is 26.2 Å². The van der Waals surface area contributed by atoms with Gasteiger partial charge >= 0.3 is 0 Å². The summed E-state index contributed by atoms with van der Waals surface area (Å²) >= 11 is 6.01. The lowest BCUT2D eigenvalue weighted by Gasteiger charge is -2.36. The largest absolute Gasteiger partial charge is 0.495 e. The van der Waals surface area contributed by atoms with Crippen molar-refractivity contribution >= 4 is 41.3 Å². The molecule has 1 aliphatic rings. The molecule has 0 unspecified atom stereocenters. The minimum atomic E-state index is -0.491. The van der Waals surface area contributed by atoms with E-state index in [1.54, 1.807) is 24.4 Å². The van der Waals surface area contributed by atoms with E-state index in [9.17, 15) is 10.1 Å². The molecule has 2 aromatic carbocycles. The molecule has 0 saturated carbocycles. The second kappa shape index (κ2) is 10.9. The van der Waals surface area contributed by atoms with Crippen LogP contribution in [0.25, 0.3) is 0 Å². The van der Waals surface area contributed by atoms with Gasteiger partial charge in [0, 0.05) is 43.1 Å². The van der Waals surface area contributed by atoms with Crippen LogP contribution in [0.15, 0.2) is 48.2 Å². The van der Waals surface area contributed by atoms with E-state index in [2.05, 4.69) is 42.3 Å². The van der Waals surface area contributed by atoms with Gasteiger partial charge < -0.3 is 19.9 Å². The van der Waals surface area contributed by atoms with Crippen LogP contribution in [0, 0.1) is 25.2 Å². The molecule has 1 N–H and O–H groups in total. The van der Waals surface area contributed by atoms with Gasteiger partial charge in [-0.1, -0.05) is 23.7 Å². The number of aryl methyl sites for hydroxylation is 1. The fourth-order valence-corrected chi connectivity index (χ4v) is 3.63. The van der Waals surface area contributed by atoms with Crippen LogP contribution in [0.3, 0.4) is 0 Å². The van der Waals surface area contributed by atoms with Crippen LogP contribution >= 0.6 is 24.0 Å². The molecule has 3 rings (SSSR count). The van der Waals surface area contributed by atoms with E-state index >= 15 is 0 Å². The van der Waals surface area contributed by atoms with Crippen LogP contribution in [0.1, 0.15) is 11.1 Å². The predicted molar refractivity (Wildman–Crippen MR) is 127 cm³/mol. The van der Waals surface area contributed by atoms with E-state index in [1.807, 2.05) is 11.0 Å². The Kier molecular flexibility index (Phi) is 8.61. The van der Waals surface area contributed by atoms with Crippen molar-refractivity contribution in [2.75, 3.05) is 43.5 Å². The SMILES string of the molecule is COc1ccc(Cl)cc1NC(=O)/C(C#N)=C\N1CCN(c2cccc(C)c2C)CC1.Cl. The highest BCUT2D eigenvalue weighted by Gasteiger charge is 2.19. The summed E-state index contributed by atoms with van der Waals surface area (Å²) in [5.41, 5.74) is 4.27. The molecule has 1 aliphatic heterocycles. The fourth-order valence-electron chi connectivity index (χ4n) is 3.46. The summed E-state index contributed by atoms with van der Waals surface area (Å²) in [5.74, 6) is -0.0118. The third-order valence-electron chi connectivity index (χ3n) is 5.32. The Balaban J connectivity index is 0.00000341. The minimum absolute atomic E-state index is 0. The molecule has 1 amide bonds. The summed E-state index contributed by atoms with van der Waals surface area (Å²) < 4.78 is 5.24. The van der Waals surface area contributed by atoms with Crippen LogP contribution in [0.5, 0.6) is 5.75 Å². The first kappa shape index (κ1) is 24.4. The van der Waals surface area contributed by atoms with Crippen molar-refractivity contribution in [1.82, 2.24) is 4.90 Å². The maximum Gasteiger partial charge on any atom is 0.267 e. The molecule has 0 aromatic heterocycles. The highest BCUT2D eigenvalue weighted by atomic mass is 35.5. The van der Waals surface area contributed by atoms with Gasteiger partial charge in [-0.3, -0.25) is 4.79 Å². The number of benzene rings is 2. The first-order chi connectivity index (χ1) is 14.4. The average molecular weight is 461 g/mol. The van der Waals surface area contributed by atoms with Crippen molar-refractivity contribution in [2.45, 2.75) is 13.8 Å². The second-order valence-electron chi connectivity index (χ2n) is 7.20. The van der Waals surface area contributed by atoms with E-state index < -0.39 is 5.91 Å². The molecule has 6 nitrogen and oxygen atoms in total. The van der Waals surface area contributed by atoms with Crippen LogP contribution in [0.2, 0.25) is 5.02 Å². The van der Waals surface area contributed by atoms with Crippen LogP contribution in [-0.2, 0) is 4.79 Å². The number of hydrogen-bond donors (Lipinski definition) is 1. The number of ether oxygens (including phenoxy) is 1. The number of hydrogen-bond acceptors (Lipinski definition) is 5. The van der Waals surface area contributed by atoms with Crippen molar-refractivity contribution < 1.29 is 9.53 Å². The zero-order valence-electron chi connectivity index (χ0n) is 17.8. The summed E-state index contributed by atoms with van der Waals surface area (Å²) in [4.78, 5) is 17.0. The number of rotatable bonds is 5. The molecule has 1 saturated heterocycles. The summed E-state index contributed by atoms with van der Waals surface area (Å²) in [6.07, 6.45) is 1.63. The molecule has 31 heavy (non-hydrogen) atoms. The summed E-state index contributed by atoms with van der Waals surface area (Å²) in [6.45, 7) is 7.36. The summed E-state index contributed by atoms with van der Waals surface area (Å²) in [5, 5.41) is 12.7. The van der Waals surface area contributed by atoms with Crippen LogP contribution < -0.4 is 15.0 Å². The number of methoxy groups -OCH3 is 1. The van der Waals surface area contributed by atoms with Crippen LogP contribution in [0.4, 0.5) is 11.4 Å². The predicted octanol–water partition coefficient (Wildman–Crippen LogP) is 4.56. The molecule has 2 aromatic rings. The zero-order chi connectivity index (χ0) is 21.7. The second-order valence-corrected chi connectivity index (χ2v) is 7.63. The lowest BCUT2D eigenvalue weighted by molar-refractivity contribution is -0.112. The molecule has 0 spiro atoms. The third-order valence-corrected chi connectivity index (χ3v) is 5.55. The van der Waals surface area contributed by atoms with Gasteiger partial charge in [0.1, 0.15) is 17.4 Å². The first-order valence-corrected chi connectivity index (χ1v) is 10.1. The summed E-state index contributed by atoms with van der Waals surface area (Å²) in [6, 6.07) is 13.3. The smallest absolute Gasteiger partial charge is 0.267 e. The van der Waals surface area contributed by atoms with E-state index in [-0.39, 0.29) is 18.0 Å². The number of amides is 1. The number of piperazine rings is 1. The molecule has 0 atom stereocenters. The molecule has 1 heterocycles. The van der Waals surface area contributed by atoms with Crippen molar-refractivity contribution in [3.05, 3.63) is 64.3 Å². The zero-order valence-corrected chi connectivity index (χ0v) is 19.4. The monoisotopic (exact) mass is 460 g/mol. The van der Waals surface area contributed by atoms with Gasteiger partial charge in [-0.15, -0.1) is 12.4 Å². The average Bonchev–Trinajstić information content (AvgIpc) is 2.74. The van der Waals surface area contributed by atoms with E-state index in [1.165, 1.54) is 23.9 Å². The number of nitriles is 1. The Labute approximate surface area is 194 Å². The molecule has 164 valence electrons. The molecular weight excluding hydrogens is 435 g/mol. The van der Waals surface area contributed by atoms with Gasteiger partial charge in [-0.2, -0.15) is 5.26 Å². The minimum Gasteiger partial charge on any atom is -0.495 e. The van der Waals surface area contributed by atoms with Crippen molar-refractivity contribution in [2.24, 2.45) is 0 Å². The van der Waals surface area contributed by atoms with Gasteiger partial charge in [0.25, 0.3) is 5.91 Å². The first-order valence-electron chi connectivity index (χ1n) is 9.75. The number of carbonyl (C=O) groups excluding carboxylic acids is 1. The Morgan fingerprint density at radius 3 is 2.55 bits per heavy atom. The maximum atomic E-state index is 12.6. The highest BCUT2D eigenvalue weighted by Crippen LogP contribution is 2.28. The number of halogens is 2. The normalized spacial score (nSPS) is 13.8. The van der Waals surface area contributed by atoms with E-state index in [0.29, 0.717) is 16.5 Å². The van der Waals surface area contributed by atoms with Crippen molar-refractivity contribution in [3.63, 3.8) is 0 Å². The Hall–Kier alpha value is -2.88. The van der Waals surface area contributed by atoms with Crippen LogP contribution in [-0.4, -0.2) is 44.1 Å². The molecule has 0 radical (unpaired) electrons. The maximum absolute atomic E-state index is 12.6. The Morgan fingerprint density at radius 1 is 1.19 bits per heavy atom. The molecule has 0 aliphatic carbocycles. The van der Waals surface area contributed by atoms with Gasteiger partial charge in [-0.05, 0) is 49.2 Å². The molecule has 1 fully saturated rings. The quantitative estimate of drug-likeness (QED) is 0.523.